The average Bonchev–Trinajstić information content (AvgIpc) is 2.53. The van der Waals surface area contributed by atoms with Gasteiger partial charge in [-0.3, -0.25) is 9.78 Å². The number of aromatic nitrogens is 1. The van der Waals surface area contributed by atoms with Crippen LogP contribution in [0.2, 0.25) is 0 Å². The van der Waals surface area contributed by atoms with E-state index in [1.807, 2.05) is 24.4 Å². The highest BCUT2D eigenvalue weighted by Crippen LogP contribution is 2.27. The molecule has 1 saturated carbocycles. The Balaban J connectivity index is 0.00000144. The van der Waals surface area contributed by atoms with Crippen LogP contribution in [0, 0.1) is 5.92 Å². The van der Waals surface area contributed by atoms with Crippen molar-refractivity contribution in [2.75, 3.05) is 5.43 Å². The third kappa shape index (κ3) is 5.23. The molecule has 0 radical (unpaired) electrons. The van der Waals surface area contributed by atoms with Gasteiger partial charge in [-0.2, -0.15) is 0 Å². The van der Waals surface area contributed by atoms with Gasteiger partial charge in [-0.15, -0.1) is 24.8 Å². The second kappa shape index (κ2) is 9.67. The number of rotatable bonds is 5. The molecule has 4 N–H and O–H groups in total. The number of amides is 1. The van der Waals surface area contributed by atoms with E-state index < -0.39 is 0 Å². The summed E-state index contributed by atoms with van der Waals surface area (Å²) >= 11 is 0. The van der Waals surface area contributed by atoms with Crippen LogP contribution in [0.25, 0.3) is 10.8 Å². The molecule has 5 nitrogen and oxygen atoms in total. The number of halogens is 2. The summed E-state index contributed by atoms with van der Waals surface area (Å²) in [4.78, 5) is 15.3. The molecule has 0 spiro atoms. The van der Waals surface area contributed by atoms with Crippen LogP contribution in [0.5, 0.6) is 0 Å². The van der Waals surface area contributed by atoms with E-state index in [4.69, 9.17) is 5.73 Å². The monoisotopic (exact) mass is 370 g/mol. The summed E-state index contributed by atoms with van der Waals surface area (Å²) in [7, 11) is 0. The minimum Gasteiger partial charge on any atom is -0.370 e. The van der Waals surface area contributed by atoms with Crippen LogP contribution >= 0.6 is 24.8 Å². The summed E-state index contributed by atoms with van der Waals surface area (Å²) in [6, 6.07) is 8.46. The SMILES string of the molecule is Cl.Cl.NC(=O)CC1CCCCC1NNc1ccc2cnccc2c1. The zero-order valence-electron chi connectivity index (χ0n) is 13.4. The Morgan fingerprint density at radius 3 is 2.75 bits per heavy atom. The first-order valence-corrected chi connectivity index (χ1v) is 7.86. The lowest BCUT2D eigenvalue weighted by atomic mass is 9.82. The Kier molecular flexibility index (Phi) is 8.25. The molecule has 1 aliphatic rings. The average molecular weight is 371 g/mol. The highest BCUT2D eigenvalue weighted by atomic mass is 35.5. The third-order valence-corrected chi connectivity index (χ3v) is 4.41. The number of carbonyl (C=O) groups excluding carboxylic acids is 1. The molecule has 0 saturated heterocycles. The van der Waals surface area contributed by atoms with E-state index in [0.29, 0.717) is 12.3 Å². The predicted octanol–water partition coefficient (Wildman–Crippen LogP) is 3.43. The van der Waals surface area contributed by atoms with Crippen LogP contribution in [0.3, 0.4) is 0 Å². The number of fused-ring (bicyclic) bond motifs is 1. The smallest absolute Gasteiger partial charge is 0.217 e. The number of anilines is 1. The number of pyridine rings is 1. The highest BCUT2D eigenvalue weighted by molar-refractivity contribution is 5.86. The van der Waals surface area contributed by atoms with Crippen molar-refractivity contribution in [3.8, 4) is 0 Å². The quantitative estimate of drug-likeness (QED) is 0.704. The van der Waals surface area contributed by atoms with Gasteiger partial charge in [0.1, 0.15) is 0 Å². The molecular weight excluding hydrogens is 347 g/mol. The molecule has 3 rings (SSSR count). The summed E-state index contributed by atoms with van der Waals surface area (Å²) in [6.07, 6.45) is 8.62. The number of nitrogens with two attached hydrogens (primary N) is 1. The Morgan fingerprint density at radius 2 is 1.96 bits per heavy atom. The molecule has 1 aromatic carbocycles. The normalized spacial score (nSPS) is 19.8. The molecule has 2 atom stereocenters. The molecule has 2 unspecified atom stereocenters. The Hall–Kier alpha value is -1.56. The molecular formula is C17H24Cl2N4O. The fourth-order valence-corrected chi connectivity index (χ4v) is 3.24. The van der Waals surface area contributed by atoms with Gasteiger partial charge in [0.2, 0.25) is 5.91 Å². The van der Waals surface area contributed by atoms with Crippen molar-refractivity contribution in [1.82, 2.24) is 10.4 Å². The number of hydrazine groups is 1. The molecule has 2 aromatic rings. The maximum Gasteiger partial charge on any atom is 0.217 e. The highest BCUT2D eigenvalue weighted by Gasteiger charge is 2.26. The van der Waals surface area contributed by atoms with Gasteiger partial charge in [0, 0.05) is 35.9 Å². The Labute approximate surface area is 154 Å². The van der Waals surface area contributed by atoms with Gasteiger partial charge in [-0.25, -0.2) is 5.43 Å². The summed E-state index contributed by atoms with van der Waals surface area (Å²) < 4.78 is 0. The van der Waals surface area contributed by atoms with Crippen molar-refractivity contribution >= 4 is 47.2 Å². The summed E-state index contributed by atoms with van der Waals surface area (Å²) in [5.41, 5.74) is 13.0. The van der Waals surface area contributed by atoms with Crippen molar-refractivity contribution in [2.45, 2.75) is 38.1 Å². The standard InChI is InChI=1S/C17H22N4O.2ClH/c18-17(22)10-13-3-1-2-4-16(13)21-20-15-6-5-14-11-19-8-7-12(14)9-15;;/h5-9,11,13,16,20-21H,1-4,10H2,(H2,18,22);2*1H. The van der Waals surface area contributed by atoms with Crippen LogP contribution in [-0.2, 0) is 4.79 Å². The van der Waals surface area contributed by atoms with Crippen molar-refractivity contribution in [3.63, 3.8) is 0 Å². The Bertz CT molecular complexity index is 668. The number of hydrogen-bond acceptors (Lipinski definition) is 4. The summed E-state index contributed by atoms with van der Waals surface area (Å²) in [5.74, 6) is 0.111. The second-order valence-corrected chi connectivity index (χ2v) is 6.03. The van der Waals surface area contributed by atoms with Gasteiger partial charge >= 0.3 is 0 Å². The molecule has 1 aromatic heterocycles. The molecule has 0 bridgehead atoms. The van der Waals surface area contributed by atoms with Crippen LogP contribution < -0.4 is 16.6 Å². The van der Waals surface area contributed by atoms with Gasteiger partial charge < -0.3 is 11.2 Å². The fraction of sp³-hybridized carbons (Fsp3) is 0.412. The zero-order valence-corrected chi connectivity index (χ0v) is 15.0. The van der Waals surface area contributed by atoms with Crippen molar-refractivity contribution in [3.05, 3.63) is 36.7 Å². The number of primary amides is 1. The second-order valence-electron chi connectivity index (χ2n) is 6.03. The van der Waals surface area contributed by atoms with E-state index in [-0.39, 0.29) is 36.8 Å². The summed E-state index contributed by atoms with van der Waals surface area (Å²) in [6.45, 7) is 0. The minimum absolute atomic E-state index is 0. The number of nitrogens with zero attached hydrogens (tertiary/aromatic N) is 1. The lowest BCUT2D eigenvalue weighted by Gasteiger charge is -2.32. The maximum atomic E-state index is 11.2. The molecule has 7 heteroatoms. The topological polar surface area (TPSA) is 80.0 Å². The zero-order chi connectivity index (χ0) is 15.4. The van der Waals surface area contributed by atoms with E-state index in [0.717, 1.165) is 29.3 Å². The lowest BCUT2D eigenvalue weighted by molar-refractivity contribution is -0.119. The fourth-order valence-electron chi connectivity index (χ4n) is 3.24. The van der Waals surface area contributed by atoms with Crippen LogP contribution in [0.1, 0.15) is 32.1 Å². The molecule has 1 heterocycles. The van der Waals surface area contributed by atoms with Gasteiger partial charge in [0.25, 0.3) is 0 Å². The third-order valence-electron chi connectivity index (χ3n) is 4.41. The summed E-state index contributed by atoms with van der Waals surface area (Å²) in [5, 5.41) is 2.27. The van der Waals surface area contributed by atoms with Crippen LogP contribution in [0.4, 0.5) is 5.69 Å². The Morgan fingerprint density at radius 1 is 1.17 bits per heavy atom. The molecule has 132 valence electrons. The molecule has 1 aliphatic carbocycles. The first-order chi connectivity index (χ1) is 10.7. The number of benzene rings is 1. The van der Waals surface area contributed by atoms with Gasteiger partial charge in [0.15, 0.2) is 0 Å². The van der Waals surface area contributed by atoms with E-state index in [1.54, 1.807) is 6.20 Å². The number of nitrogens with one attached hydrogen (secondary N) is 2. The molecule has 1 amide bonds. The number of hydrogen-bond donors (Lipinski definition) is 3. The van der Waals surface area contributed by atoms with E-state index in [2.05, 4.69) is 21.9 Å². The molecule has 1 fully saturated rings. The predicted molar refractivity (Wildman–Crippen MR) is 103 cm³/mol. The lowest BCUT2D eigenvalue weighted by Crippen LogP contribution is -2.43. The number of carbonyl (C=O) groups is 1. The van der Waals surface area contributed by atoms with E-state index >= 15 is 0 Å². The molecule has 24 heavy (non-hydrogen) atoms. The van der Waals surface area contributed by atoms with Crippen molar-refractivity contribution < 1.29 is 4.79 Å². The van der Waals surface area contributed by atoms with Gasteiger partial charge in [0.05, 0.1) is 0 Å². The first kappa shape index (κ1) is 20.5. The molecule has 0 aliphatic heterocycles. The maximum absolute atomic E-state index is 11.2. The van der Waals surface area contributed by atoms with Gasteiger partial charge in [-0.05, 0) is 42.3 Å². The van der Waals surface area contributed by atoms with Crippen LogP contribution in [-0.4, -0.2) is 16.9 Å². The minimum atomic E-state index is -0.211. The van der Waals surface area contributed by atoms with E-state index in [1.165, 1.54) is 12.8 Å². The van der Waals surface area contributed by atoms with Crippen molar-refractivity contribution in [2.24, 2.45) is 11.7 Å². The van der Waals surface area contributed by atoms with Crippen molar-refractivity contribution in [1.29, 1.82) is 0 Å². The van der Waals surface area contributed by atoms with E-state index in [9.17, 15) is 4.79 Å². The van der Waals surface area contributed by atoms with Crippen LogP contribution in [0.15, 0.2) is 36.7 Å². The largest absolute Gasteiger partial charge is 0.370 e. The first-order valence-electron chi connectivity index (χ1n) is 7.86. The van der Waals surface area contributed by atoms with Gasteiger partial charge in [-0.1, -0.05) is 18.9 Å².